The van der Waals surface area contributed by atoms with E-state index >= 15 is 0 Å². The lowest BCUT2D eigenvalue weighted by molar-refractivity contribution is -0.115. The minimum Gasteiger partial charge on any atom is -0.341 e. The predicted octanol–water partition coefficient (Wildman–Crippen LogP) is 4.83. The molecule has 180 valence electrons. The van der Waals surface area contributed by atoms with Crippen molar-refractivity contribution in [2.45, 2.75) is 30.8 Å². The summed E-state index contributed by atoms with van der Waals surface area (Å²) in [4.78, 5) is 25.9. The van der Waals surface area contributed by atoms with Gasteiger partial charge in [-0.05, 0) is 50.2 Å². The van der Waals surface area contributed by atoms with Gasteiger partial charge in [-0.3, -0.25) is 18.6 Å². The standard InChI is InChI=1S/C27H24N6O2S/c1-4-32-21-11-7-5-9-18(21)20-15-17(13-14-22(20)32)28-24(34)16(2)36-27-30-29-26-31(3)25(35)19-10-6-8-12-23(19)33(26)27/h5-16H,4H2,1-3H3,(H,28,34). The van der Waals surface area contributed by atoms with Crippen LogP contribution >= 0.6 is 11.8 Å². The summed E-state index contributed by atoms with van der Waals surface area (Å²) in [6.07, 6.45) is 0. The van der Waals surface area contributed by atoms with Crippen LogP contribution in [0.25, 0.3) is 38.5 Å². The second-order valence-electron chi connectivity index (χ2n) is 8.74. The summed E-state index contributed by atoms with van der Waals surface area (Å²) in [6, 6.07) is 21.7. The third kappa shape index (κ3) is 3.38. The number of anilines is 1. The van der Waals surface area contributed by atoms with Crippen molar-refractivity contribution in [3.63, 3.8) is 0 Å². The third-order valence-electron chi connectivity index (χ3n) is 6.60. The zero-order valence-electron chi connectivity index (χ0n) is 20.1. The fraction of sp³-hybridized carbons (Fsp3) is 0.185. The summed E-state index contributed by atoms with van der Waals surface area (Å²) in [5.74, 6) is 0.302. The monoisotopic (exact) mass is 496 g/mol. The summed E-state index contributed by atoms with van der Waals surface area (Å²) >= 11 is 1.31. The minimum absolute atomic E-state index is 0.132. The number of nitrogens with one attached hydrogen (secondary N) is 1. The van der Waals surface area contributed by atoms with Crippen LogP contribution in [0.4, 0.5) is 5.69 Å². The Hall–Kier alpha value is -4.11. The molecule has 0 saturated carbocycles. The van der Waals surface area contributed by atoms with Gasteiger partial charge in [-0.15, -0.1) is 10.2 Å². The number of amides is 1. The summed E-state index contributed by atoms with van der Waals surface area (Å²) in [5.41, 5.74) is 3.66. The molecule has 1 unspecified atom stereocenters. The van der Waals surface area contributed by atoms with E-state index in [2.05, 4.69) is 45.2 Å². The molecule has 0 bridgehead atoms. The molecule has 9 heteroatoms. The maximum Gasteiger partial charge on any atom is 0.262 e. The molecule has 36 heavy (non-hydrogen) atoms. The number of thioether (sulfide) groups is 1. The number of rotatable bonds is 5. The highest BCUT2D eigenvalue weighted by Crippen LogP contribution is 2.31. The average molecular weight is 497 g/mol. The van der Waals surface area contributed by atoms with Crippen LogP contribution in [0.5, 0.6) is 0 Å². The number of para-hydroxylation sites is 2. The molecule has 0 fully saturated rings. The zero-order chi connectivity index (χ0) is 25.0. The van der Waals surface area contributed by atoms with E-state index in [1.54, 1.807) is 13.1 Å². The van der Waals surface area contributed by atoms with E-state index in [0.717, 1.165) is 23.1 Å². The Kier molecular flexibility index (Phi) is 5.30. The van der Waals surface area contributed by atoms with E-state index in [1.165, 1.54) is 27.2 Å². The zero-order valence-corrected chi connectivity index (χ0v) is 20.9. The first kappa shape index (κ1) is 22.4. The Morgan fingerprint density at radius 1 is 0.944 bits per heavy atom. The Labute approximate surface area is 210 Å². The summed E-state index contributed by atoms with van der Waals surface area (Å²) in [6.45, 7) is 4.85. The molecule has 1 N–H and O–H groups in total. The first-order valence-corrected chi connectivity index (χ1v) is 12.7. The lowest BCUT2D eigenvalue weighted by atomic mass is 10.1. The van der Waals surface area contributed by atoms with Crippen molar-refractivity contribution in [1.82, 2.24) is 23.7 Å². The van der Waals surface area contributed by atoms with Crippen molar-refractivity contribution < 1.29 is 4.79 Å². The van der Waals surface area contributed by atoms with E-state index in [4.69, 9.17) is 0 Å². The lowest BCUT2D eigenvalue weighted by Crippen LogP contribution is -2.23. The number of hydrogen-bond donors (Lipinski definition) is 1. The van der Waals surface area contributed by atoms with Crippen LogP contribution in [0.2, 0.25) is 0 Å². The molecule has 0 radical (unpaired) electrons. The number of hydrogen-bond acceptors (Lipinski definition) is 5. The number of benzene rings is 3. The summed E-state index contributed by atoms with van der Waals surface area (Å²) < 4.78 is 5.59. The van der Waals surface area contributed by atoms with Gasteiger partial charge in [0.2, 0.25) is 11.7 Å². The SMILES string of the molecule is CCn1c2ccccc2c2cc(NC(=O)C(C)Sc3nnc4n(C)c(=O)c5ccccc5n34)ccc21. The van der Waals surface area contributed by atoms with Gasteiger partial charge in [0.15, 0.2) is 5.16 Å². The molecule has 0 aliphatic carbocycles. The molecule has 3 heterocycles. The van der Waals surface area contributed by atoms with Gasteiger partial charge in [-0.25, -0.2) is 0 Å². The predicted molar refractivity (Wildman–Crippen MR) is 145 cm³/mol. The van der Waals surface area contributed by atoms with Crippen LogP contribution in [0.3, 0.4) is 0 Å². The third-order valence-corrected chi connectivity index (χ3v) is 7.65. The molecule has 0 aliphatic rings. The Morgan fingerprint density at radius 2 is 1.64 bits per heavy atom. The summed E-state index contributed by atoms with van der Waals surface area (Å²) in [7, 11) is 1.68. The normalized spacial score (nSPS) is 12.6. The van der Waals surface area contributed by atoms with Gasteiger partial charge in [-0.2, -0.15) is 0 Å². The number of carbonyl (C=O) groups excluding carboxylic acids is 1. The number of carbonyl (C=O) groups is 1. The van der Waals surface area contributed by atoms with Crippen molar-refractivity contribution in [1.29, 1.82) is 0 Å². The number of aryl methyl sites for hydroxylation is 2. The number of aromatic nitrogens is 5. The van der Waals surface area contributed by atoms with Crippen molar-refractivity contribution in [3.05, 3.63) is 77.1 Å². The molecule has 0 aliphatic heterocycles. The van der Waals surface area contributed by atoms with Gasteiger partial charge in [-0.1, -0.05) is 42.1 Å². The molecule has 1 amide bonds. The molecule has 8 nitrogen and oxygen atoms in total. The molecule has 3 aromatic heterocycles. The molecule has 0 saturated heterocycles. The van der Waals surface area contributed by atoms with Crippen molar-refractivity contribution in [2.75, 3.05) is 5.32 Å². The minimum atomic E-state index is -0.443. The van der Waals surface area contributed by atoms with Crippen LogP contribution < -0.4 is 10.9 Å². The van der Waals surface area contributed by atoms with Gasteiger partial charge in [0.25, 0.3) is 5.56 Å². The van der Waals surface area contributed by atoms with Crippen LogP contribution in [-0.2, 0) is 18.4 Å². The first-order chi connectivity index (χ1) is 17.5. The van der Waals surface area contributed by atoms with Crippen LogP contribution in [-0.4, -0.2) is 34.9 Å². The van der Waals surface area contributed by atoms with Gasteiger partial charge < -0.3 is 9.88 Å². The van der Waals surface area contributed by atoms with E-state index < -0.39 is 5.25 Å². The van der Waals surface area contributed by atoms with Gasteiger partial charge in [0.1, 0.15) is 0 Å². The molecular formula is C27H24N6O2S. The second kappa shape index (κ2) is 8.53. The lowest BCUT2D eigenvalue weighted by Gasteiger charge is -2.12. The molecule has 0 spiro atoms. The topological polar surface area (TPSA) is 86.2 Å². The largest absolute Gasteiger partial charge is 0.341 e. The highest BCUT2D eigenvalue weighted by molar-refractivity contribution is 8.00. The van der Waals surface area contributed by atoms with Gasteiger partial charge in [0.05, 0.1) is 16.2 Å². The number of nitrogens with zero attached hydrogens (tertiary/aromatic N) is 5. The molecule has 6 aromatic rings. The molecule has 1 atom stereocenters. The fourth-order valence-corrected chi connectivity index (χ4v) is 5.67. The maximum absolute atomic E-state index is 13.2. The molecular weight excluding hydrogens is 472 g/mol. The summed E-state index contributed by atoms with van der Waals surface area (Å²) in [5, 5.41) is 14.5. The van der Waals surface area contributed by atoms with E-state index in [-0.39, 0.29) is 11.5 Å². The highest BCUT2D eigenvalue weighted by Gasteiger charge is 2.21. The van der Waals surface area contributed by atoms with E-state index in [0.29, 0.717) is 21.8 Å². The smallest absolute Gasteiger partial charge is 0.262 e. The first-order valence-electron chi connectivity index (χ1n) is 11.8. The van der Waals surface area contributed by atoms with E-state index in [9.17, 15) is 9.59 Å². The van der Waals surface area contributed by atoms with Crippen LogP contribution in [0, 0.1) is 0 Å². The van der Waals surface area contributed by atoms with Crippen molar-refractivity contribution in [2.24, 2.45) is 7.05 Å². The Balaban J connectivity index is 1.31. The van der Waals surface area contributed by atoms with Crippen molar-refractivity contribution >= 4 is 61.8 Å². The highest BCUT2D eigenvalue weighted by atomic mass is 32.2. The molecule has 3 aromatic carbocycles. The second-order valence-corrected chi connectivity index (χ2v) is 10.0. The Bertz CT molecular complexity index is 1870. The molecule has 6 rings (SSSR count). The fourth-order valence-electron chi connectivity index (χ4n) is 4.82. The van der Waals surface area contributed by atoms with Gasteiger partial charge in [0, 0.05) is 41.1 Å². The van der Waals surface area contributed by atoms with E-state index in [1.807, 2.05) is 53.8 Å². The van der Waals surface area contributed by atoms with Crippen LogP contribution in [0.1, 0.15) is 13.8 Å². The van der Waals surface area contributed by atoms with Gasteiger partial charge >= 0.3 is 0 Å². The number of fused-ring (bicyclic) bond motifs is 6. The van der Waals surface area contributed by atoms with Crippen molar-refractivity contribution in [3.8, 4) is 0 Å². The van der Waals surface area contributed by atoms with Crippen LogP contribution in [0.15, 0.2) is 76.7 Å². The maximum atomic E-state index is 13.2. The quantitative estimate of drug-likeness (QED) is 0.346. The average Bonchev–Trinajstić information content (AvgIpc) is 3.46. The Morgan fingerprint density at radius 3 is 2.42 bits per heavy atom.